The molecule has 0 fully saturated rings. The zero-order valence-corrected chi connectivity index (χ0v) is 11.4. The number of ether oxygens (including phenoxy) is 1. The summed E-state index contributed by atoms with van der Waals surface area (Å²) in [7, 11) is 1.64. The molecule has 94 valence electrons. The van der Waals surface area contributed by atoms with E-state index >= 15 is 0 Å². The van der Waals surface area contributed by atoms with Crippen LogP contribution in [-0.4, -0.2) is 7.11 Å². The summed E-state index contributed by atoms with van der Waals surface area (Å²) in [4.78, 5) is 0. The Morgan fingerprint density at radius 2 is 1.67 bits per heavy atom. The maximum atomic E-state index is 6.11. The van der Waals surface area contributed by atoms with Crippen molar-refractivity contribution in [3.05, 3.63) is 58.1 Å². The van der Waals surface area contributed by atoms with Crippen molar-refractivity contribution in [2.45, 2.75) is 6.54 Å². The zero-order valence-electron chi connectivity index (χ0n) is 9.91. The molecule has 1 N–H and O–H groups in total. The molecule has 0 aliphatic rings. The number of anilines is 1. The summed E-state index contributed by atoms with van der Waals surface area (Å²) in [5.74, 6) is 0.792. The summed E-state index contributed by atoms with van der Waals surface area (Å²) < 4.78 is 5.27. The first kappa shape index (κ1) is 13.1. The Kier molecular flexibility index (Phi) is 4.34. The van der Waals surface area contributed by atoms with Gasteiger partial charge >= 0.3 is 0 Å². The van der Waals surface area contributed by atoms with Crippen molar-refractivity contribution < 1.29 is 4.74 Å². The second kappa shape index (κ2) is 5.98. The van der Waals surface area contributed by atoms with Crippen LogP contribution in [0, 0.1) is 0 Å². The van der Waals surface area contributed by atoms with Crippen LogP contribution in [0.2, 0.25) is 10.0 Å². The average Bonchev–Trinajstić information content (AvgIpc) is 2.38. The molecule has 0 radical (unpaired) electrons. The molecule has 0 bridgehead atoms. The number of benzene rings is 2. The summed E-state index contributed by atoms with van der Waals surface area (Å²) in [6, 6.07) is 13.2. The first-order chi connectivity index (χ1) is 8.72. The van der Waals surface area contributed by atoms with E-state index in [9.17, 15) is 0 Å². The second-order valence-electron chi connectivity index (χ2n) is 3.75. The minimum atomic E-state index is 0.554. The van der Waals surface area contributed by atoms with Crippen molar-refractivity contribution >= 4 is 28.9 Å². The third-order valence-electron chi connectivity index (χ3n) is 2.62. The highest BCUT2D eigenvalue weighted by molar-refractivity contribution is 6.36. The Morgan fingerprint density at radius 1 is 1.00 bits per heavy atom. The Labute approximate surface area is 116 Å². The Balaban J connectivity index is 2.16. The van der Waals surface area contributed by atoms with Gasteiger partial charge in [0.05, 0.1) is 12.8 Å². The number of halogens is 2. The standard InChI is InChI=1S/C14H13Cl2NO/c1-18-14-8-3-2-7-13(14)17-9-10-11(15)5-4-6-12(10)16/h2-8,17H,9H2,1H3. The number of rotatable bonds is 4. The van der Waals surface area contributed by atoms with Gasteiger partial charge in [-0.1, -0.05) is 41.4 Å². The molecule has 0 saturated heterocycles. The molecule has 0 heterocycles. The minimum absolute atomic E-state index is 0.554. The van der Waals surface area contributed by atoms with Gasteiger partial charge in [-0.15, -0.1) is 0 Å². The van der Waals surface area contributed by atoms with Gasteiger partial charge in [0.15, 0.2) is 0 Å². The van der Waals surface area contributed by atoms with Gasteiger partial charge in [0.2, 0.25) is 0 Å². The molecule has 4 heteroatoms. The zero-order chi connectivity index (χ0) is 13.0. The van der Waals surface area contributed by atoms with Crippen molar-refractivity contribution in [1.29, 1.82) is 0 Å². The fourth-order valence-corrected chi connectivity index (χ4v) is 2.21. The first-order valence-electron chi connectivity index (χ1n) is 5.52. The van der Waals surface area contributed by atoms with Crippen LogP contribution in [0.5, 0.6) is 5.75 Å². The molecule has 2 nitrogen and oxygen atoms in total. The van der Waals surface area contributed by atoms with Crippen LogP contribution in [0.3, 0.4) is 0 Å². The number of methoxy groups -OCH3 is 1. The molecule has 0 saturated carbocycles. The van der Waals surface area contributed by atoms with Crippen LogP contribution in [0.1, 0.15) is 5.56 Å². The number of para-hydroxylation sites is 2. The van der Waals surface area contributed by atoms with Gasteiger partial charge in [-0.3, -0.25) is 0 Å². The third-order valence-corrected chi connectivity index (χ3v) is 3.33. The van der Waals surface area contributed by atoms with E-state index in [-0.39, 0.29) is 0 Å². The van der Waals surface area contributed by atoms with E-state index < -0.39 is 0 Å². The van der Waals surface area contributed by atoms with Gasteiger partial charge in [0.1, 0.15) is 5.75 Å². The summed E-state index contributed by atoms with van der Waals surface area (Å²) in [6.07, 6.45) is 0. The van der Waals surface area contributed by atoms with Crippen LogP contribution in [0.4, 0.5) is 5.69 Å². The van der Waals surface area contributed by atoms with Crippen molar-refractivity contribution in [3.8, 4) is 5.75 Å². The molecule has 0 atom stereocenters. The van der Waals surface area contributed by atoms with E-state index in [2.05, 4.69) is 5.32 Å². The van der Waals surface area contributed by atoms with Crippen LogP contribution >= 0.6 is 23.2 Å². The number of hydrogen-bond donors (Lipinski definition) is 1. The van der Waals surface area contributed by atoms with Crippen LogP contribution in [0.25, 0.3) is 0 Å². The van der Waals surface area contributed by atoms with Gasteiger partial charge in [0, 0.05) is 22.2 Å². The van der Waals surface area contributed by atoms with Gasteiger partial charge in [-0.25, -0.2) is 0 Å². The summed E-state index contributed by atoms with van der Waals surface area (Å²) in [6.45, 7) is 0.554. The largest absolute Gasteiger partial charge is 0.495 e. The van der Waals surface area contributed by atoms with E-state index in [1.165, 1.54) is 0 Å². The molecule has 2 rings (SSSR count). The lowest BCUT2D eigenvalue weighted by Crippen LogP contribution is -2.02. The number of hydrogen-bond acceptors (Lipinski definition) is 2. The Hall–Kier alpha value is -1.38. The van der Waals surface area contributed by atoms with Crippen LogP contribution in [0.15, 0.2) is 42.5 Å². The summed E-state index contributed by atoms with van der Waals surface area (Å²) >= 11 is 12.2. The van der Waals surface area contributed by atoms with E-state index in [4.69, 9.17) is 27.9 Å². The number of nitrogens with one attached hydrogen (secondary N) is 1. The Bertz CT molecular complexity index is 523. The van der Waals surface area contributed by atoms with E-state index in [0.29, 0.717) is 16.6 Å². The van der Waals surface area contributed by atoms with E-state index in [1.807, 2.05) is 42.5 Å². The van der Waals surface area contributed by atoms with Gasteiger partial charge in [0.25, 0.3) is 0 Å². The molecule has 2 aromatic rings. The summed E-state index contributed by atoms with van der Waals surface area (Å²) in [5.41, 5.74) is 1.79. The predicted molar refractivity (Wildman–Crippen MR) is 76.8 cm³/mol. The lowest BCUT2D eigenvalue weighted by Gasteiger charge is -2.12. The summed E-state index contributed by atoms with van der Waals surface area (Å²) in [5, 5.41) is 4.58. The molecule has 0 aliphatic carbocycles. The fraction of sp³-hybridized carbons (Fsp3) is 0.143. The molecule has 0 aromatic heterocycles. The highest BCUT2D eigenvalue weighted by Gasteiger charge is 2.06. The molecule has 0 aliphatic heterocycles. The van der Waals surface area contributed by atoms with Crippen molar-refractivity contribution in [2.75, 3.05) is 12.4 Å². The normalized spacial score (nSPS) is 10.2. The first-order valence-corrected chi connectivity index (χ1v) is 6.27. The highest BCUT2D eigenvalue weighted by Crippen LogP contribution is 2.28. The molecule has 0 spiro atoms. The minimum Gasteiger partial charge on any atom is -0.495 e. The van der Waals surface area contributed by atoms with Crippen LogP contribution < -0.4 is 10.1 Å². The predicted octanol–water partition coefficient (Wildman–Crippen LogP) is 4.61. The lowest BCUT2D eigenvalue weighted by atomic mass is 10.2. The maximum absolute atomic E-state index is 6.11. The molecule has 0 amide bonds. The van der Waals surface area contributed by atoms with Crippen LogP contribution in [-0.2, 0) is 6.54 Å². The molecular formula is C14H13Cl2NO. The molecule has 2 aromatic carbocycles. The van der Waals surface area contributed by atoms with Crippen molar-refractivity contribution in [3.63, 3.8) is 0 Å². The van der Waals surface area contributed by atoms with E-state index in [1.54, 1.807) is 7.11 Å². The quantitative estimate of drug-likeness (QED) is 0.883. The fourth-order valence-electron chi connectivity index (χ4n) is 1.68. The topological polar surface area (TPSA) is 21.3 Å². The maximum Gasteiger partial charge on any atom is 0.141 e. The lowest BCUT2D eigenvalue weighted by molar-refractivity contribution is 0.416. The third kappa shape index (κ3) is 2.89. The molecule has 0 unspecified atom stereocenters. The Morgan fingerprint density at radius 3 is 2.33 bits per heavy atom. The smallest absolute Gasteiger partial charge is 0.141 e. The van der Waals surface area contributed by atoms with Gasteiger partial charge in [-0.05, 0) is 24.3 Å². The van der Waals surface area contributed by atoms with Gasteiger partial charge < -0.3 is 10.1 Å². The SMILES string of the molecule is COc1ccccc1NCc1c(Cl)cccc1Cl. The van der Waals surface area contributed by atoms with Gasteiger partial charge in [-0.2, -0.15) is 0 Å². The highest BCUT2D eigenvalue weighted by atomic mass is 35.5. The molecular weight excluding hydrogens is 269 g/mol. The van der Waals surface area contributed by atoms with Crippen molar-refractivity contribution in [1.82, 2.24) is 0 Å². The average molecular weight is 282 g/mol. The monoisotopic (exact) mass is 281 g/mol. The molecule has 18 heavy (non-hydrogen) atoms. The van der Waals surface area contributed by atoms with Crippen molar-refractivity contribution in [2.24, 2.45) is 0 Å². The van der Waals surface area contributed by atoms with E-state index in [0.717, 1.165) is 17.0 Å². The second-order valence-corrected chi connectivity index (χ2v) is 4.57.